The zero-order chi connectivity index (χ0) is 14.7. The van der Waals surface area contributed by atoms with E-state index in [9.17, 15) is 4.79 Å². The number of nitrogen functional groups attached to an aromatic ring is 1. The predicted molar refractivity (Wildman–Crippen MR) is 81.4 cm³/mol. The number of rotatable bonds is 4. The van der Waals surface area contributed by atoms with Crippen molar-refractivity contribution in [3.05, 3.63) is 36.0 Å². The maximum atomic E-state index is 12.5. The van der Waals surface area contributed by atoms with Gasteiger partial charge in [0.15, 0.2) is 0 Å². The van der Waals surface area contributed by atoms with Gasteiger partial charge in [0.2, 0.25) is 0 Å². The van der Waals surface area contributed by atoms with E-state index in [1.54, 1.807) is 18.0 Å². The minimum atomic E-state index is -0.0957. The number of anilines is 1. The number of nitrogens with one attached hydrogen (secondary N) is 1. The fourth-order valence-corrected chi connectivity index (χ4v) is 2.07. The van der Waals surface area contributed by atoms with E-state index in [-0.39, 0.29) is 11.9 Å². The van der Waals surface area contributed by atoms with Crippen LogP contribution in [-0.2, 0) is 0 Å². The normalized spacial score (nSPS) is 12.2. The Morgan fingerprint density at radius 3 is 2.80 bits per heavy atom. The number of pyridine rings is 1. The molecule has 1 amide bonds. The van der Waals surface area contributed by atoms with Crippen LogP contribution in [0, 0.1) is 0 Å². The third-order valence-corrected chi connectivity index (χ3v) is 3.67. The van der Waals surface area contributed by atoms with Crippen molar-refractivity contribution in [2.75, 3.05) is 12.5 Å². The second kappa shape index (κ2) is 5.88. The van der Waals surface area contributed by atoms with E-state index < -0.39 is 0 Å². The van der Waals surface area contributed by atoms with E-state index in [1.807, 2.05) is 31.2 Å². The topological polar surface area (TPSA) is 71.2 Å². The molecule has 1 aromatic heterocycles. The molecule has 3 N–H and O–H groups in total. The number of benzene rings is 1. The van der Waals surface area contributed by atoms with Gasteiger partial charge in [0.1, 0.15) is 11.5 Å². The molecule has 1 aromatic carbocycles. The highest BCUT2D eigenvalue weighted by atomic mass is 16.2. The predicted octanol–water partition coefficient (Wildman–Crippen LogP) is 2.39. The number of hydrazine groups is 1. The first-order valence-electron chi connectivity index (χ1n) is 6.72. The fourth-order valence-electron chi connectivity index (χ4n) is 2.07. The van der Waals surface area contributed by atoms with Crippen LogP contribution < -0.4 is 11.3 Å². The van der Waals surface area contributed by atoms with E-state index in [0.717, 1.165) is 17.2 Å². The Labute approximate surface area is 118 Å². The maximum absolute atomic E-state index is 12.5. The minimum Gasteiger partial charge on any atom is -0.338 e. The van der Waals surface area contributed by atoms with Crippen molar-refractivity contribution in [3.8, 4) is 0 Å². The van der Waals surface area contributed by atoms with Crippen LogP contribution in [0.1, 0.15) is 30.8 Å². The number of nitrogens with zero attached hydrogens (tertiary/aromatic N) is 2. The summed E-state index contributed by atoms with van der Waals surface area (Å²) >= 11 is 0. The van der Waals surface area contributed by atoms with Crippen LogP contribution >= 0.6 is 0 Å². The van der Waals surface area contributed by atoms with Crippen LogP contribution in [0.25, 0.3) is 10.8 Å². The van der Waals surface area contributed by atoms with Crippen molar-refractivity contribution in [2.24, 2.45) is 5.84 Å². The lowest BCUT2D eigenvalue weighted by atomic mass is 10.1. The molecule has 1 unspecified atom stereocenters. The van der Waals surface area contributed by atoms with Gasteiger partial charge < -0.3 is 10.3 Å². The highest BCUT2D eigenvalue weighted by molar-refractivity contribution is 6.00. The molecule has 0 spiro atoms. The maximum Gasteiger partial charge on any atom is 0.272 e. The van der Waals surface area contributed by atoms with Gasteiger partial charge in [-0.05, 0) is 24.8 Å². The van der Waals surface area contributed by atoms with Crippen LogP contribution in [0.15, 0.2) is 30.3 Å². The molecule has 0 radical (unpaired) electrons. The van der Waals surface area contributed by atoms with Gasteiger partial charge in [0.25, 0.3) is 5.91 Å². The summed E-state index contributed by atoms with van der Waals surface area (Å²) in [5.74, 6) is 5.93. The number of amides is 1. The second-order valence-electron chi connectivity index (χ2n) is 4.89. The summed E-state index contributed by atoms with van der Waals surface area (Å²) in [7, 11) is 1.79. The van der Waals surface area contributed by atoms with Crippen molar-refractivity contribution in [3.63, 3.8) is 0 Å². The molecule has 0 fully saturated rings. The molecular formula is C15H20N4O. The van der Waals surface area contributed by atoms with Crippen molar-refractivity contribution in [2.45, 2.75) is 26.3 Å². The molecule has 0 bridgehead atoms. The standard InChI is InChI=1S/C15H20N4O/c1-4-10(2)19(3)15(20)13-9-11-7-5-6-8-12(11)14(17-13)18-16/h5-10H,4,16H2,1-3H3,(H,17,18). The highest BCUT2D eigenvalue weighted by Crippen LogP contribution is 2.22. The Morgan fingerprint density at radius 2 is 2.15 bits per heavy atom. The Bertz CT molecular complexity index is 626. The van der Waals surface area contributed by atoms with Gasteiger partial charge in [-0.3, -0.25) is 4.79 Å². The molecule has 0 saturated carbocycles. The summed E-state index contributed by atoms with van der Waals surface area (Å²) < 4.78 is 0. The van der Waals surface area contributed by atoms with Crippen LogP contribution in [0.5, 0.6) is 0 Å². The number of aromatic nitrogens is 1. The van der Waals surface area contributed by atoms with Crippen molar-refractivity contribution >= 4 is 22.5 Å². The molecule has 1 atom stereocenters. The quantitative estimate of drug-likeness (QED) is 0.662. The minimum absolute atomic E-state index is 0.0957. The molecule has 0 saturated heterocycles. The molecule has 0 aliphatic rings. The Hall–Kier alpha value is -2.14. The third-order valence-electron chi connectivity index (χ3n) is 3.67. The molecule has 2 rings (SSSR count). The molecule has 5 heteroatoms. The number of carbonyl (C=O) groups excluding carboxylic acids is 1. The van der Waals surface area contributed by atoms with Gasteiger partial charge in [-0.2, -0.15) is 0 Å². The molecule has 0 aliphatic heterocycles. The van der Waals surface area contributed by atoms with Crippen molar-refractivity contribution in [1.29, 1.82) is 0 Å². The zero-order valence-electron chi connectivity index (χ0n) is 12.1. The molecule has 1 heterocycles. The van der Waals surface area contributed by atoms with Gasteiger partial charge in [0.05, 0.1) is 0 Å². The van der Waals surface area contributed by atoms with Crippen molar-refractivity contribution < 1.29 is 4.79 Å². The number of carbonyl (C=O) groups is 1. The highest BCUT2D eigenvalue weighted by Gasteiger charge is 2.19. The average molecular weight is 272 g/mol. The van der Waals surface area contributed by atoms with Crippen LogP contribution in [0.4, 0.5) is 5.82 Å². The third kappa shape index (κ3) is 2.58. The lowest BCUT2D eigenvalue weighted by molar-refractivity contribution is 0.0735. The fraction of sp³-hybridized carbons (Fsp3) is 0.333. The SMILES string of the molecule is CCC(C)N(C)C(=O)c1cc2ccccc2c(NN)n1. The number of hydrogen-bond donors (Lipinski definition) is 2. The zero-order valence-corrected chi connectivity index (χ0v) is 12.1. The monoisotopic (exact) mass is 272 g/mol. The van der Waals surface area contributed by atoms with E-state index in [1.165, 1.54) is 0 Å². The van der Waals surface area contributed by atoms with Crippen LogP contribution in [-0.4, -0.2) is 28.9 Å². The summed E-state index contributed by atoms with van der Waals surface area (Å²) in [6.45, 7) is 4.07. The van der Waals surface area contributed by atoms with Gasteiger partial charge >= 0.3 is 0 Å². The summed E-state index contributed by atoms with van der Waals surface area (Å²) in [5.41, 5.74) is 2.97. The number of fused-ring (bicyclic) bond motifs is 1. The van der Waals surface area contributed by atoms with Crippen molar-refractivity contribution in [1.82, 2.24) is 9.88 Å². The molecule has 106 valence electrons. The largest absolute Gasteiger partial charge is 0.338 e. The first-order valence-corrected chi connectivity index (χ1v) is 6.72. The van der Waals surface area contributed by atoms with Gasteiger partial charge in [-0.25, -0.2) is 10.8 Å². The van der Waals surface area contributed by atoms with E-state index >= 15 is 0 Å². The molecular weight excluding hydrogens is 252 g/mol. The van der Waals surface area contributed by atoms with Crippen LogP contribution in [0.3, 0.4) is 0 Å². The molecule has 0 aliphatic carbocycles. The van der Waals surface area contributed by atoms with E-state index in [2.05, 4.69) is 17.3 Å². The van der Waals surface area contributed by atoms with Gasteiger partial charge in [-0.1, -0.05) is 31.2 Å². The Balaban J connectivity index is 2.47. The molecule has 20 heavy (non-hydrogen) atoms. The summed E-state index contributed by atoms with van der Waals surface area (Å²) in [5, 5.41) is 1.84. The van der Waals surface area contributed by atoms with Gasteiger partial charge in [-0.15, -0.1) is 0 Å². The second-order valence-corrected chi connectivity index (χ2v) is 4.89. The first kappa shape index (κ1) is 14.3. The lowest BCUT2D eigenvalue weighted by Gasteiger charge is -2.23. The molecule has 5 nitrogen and oxygen atoms in total. The number of nitrogens with two attached hydrogens (primary N) is 1. The average Bonchev–Trinajstić information content (AvgIpc) is 2.51. The van der Waals surface area contributed by atoms with E-state index in [0.29, 0.717) is 11.5 Å². The summed E-state index contributed by atoms with van der Waals surface area (Å²) in [4.78, 5) is 18.5. The van der Waals surface area contributed by atoms with Gasteiger partial charge in [0, 0.05) is 18.5 Å². The Morgan fingerprint density at radius 1 is 1.45 bits per heavy atom. The molecule has 2 aromatic rings. The smallest absolute Gasteiger partial charge is 0.272 e. The first-order chi connectivity index (χ1) is 9.58. The van der Waals surface area contributed by atoms with Crippen LogP contribution in [0.2, 0.25) is 0 Å². The van der Waals surface area contributed by atoms with E-state index in [4.69, 9.17) is 5.84 Å². The number of hydrogen-bond acceptors (Lipinski definition) is 4. The summed E-state index contributed by atoms with van der Waals surface area (Å²) in [6.07, 6.45) is 0.901. The lowest BCUT2D eigenvalue weighted by Crippen LogP contribution is -2.35. The Kier molecular flexibility index (Phi) is 4.20. The summed E-state index contributed by atoms with van der Waals surface area (Å²) in [6, 6.07) is 9.68.